The number of ether oxygens (including phenoxy) is 1. The lowest BCUT2D eigenvalue weighted by atomic mass is 9.82. The molecule has 0 radical (unpaired) electrons. The Morgan fingerprint density at radius 2 is 2.29 bits per heavy atom. The molecule has 1 unspecified atom stereocenters. The van der Waals surface area contributed by atoms with E-state index >= 15 is 0 Å². The molecule has 106 valence electrons. The van der Waals surface area contributed by atoms with Crippen molar-refractivity contribution >= 4 is 0 Å². The minimum absolute atomic E-state index is 0.136. The van der Waals surface area contributed by atoms with Crippen LogP contribution in [0.15, 0.2) is 36.8 Å². The van der Waals surface area contributed by atoms with Crippen molar-refractivity contribution in [1.29, 1.82) is 5.26 Å². The van der Waals surface area contributed by atoms with Gasteiger partial charge in [0.2, 0.25) is 5.69 Å². The predicted octanol–water partition coefficient (Wildman–Crippen LogP) is 2.28. The Bertz CT molecular complexity index is 735. The second-order valence-electron chi connectivity index (χ2n) is 5.81. The molecule has 1 aromatic heterocycles. The first-order valence-electron chi connectivity index (χ1n) is 6.76. The monoisotopic (exact) mass is 281 g/mol. The Morgan fingerprint density at radius 1 is 1.48 bits per heavy atom. The molecular weight excluding hydrogens is 266 g/mol. The average molecular weight is 281 g/mol. The van der Waals surface area contributed by atoms with Gasteiger partial charge >= 0.3 is 0 Å². The summed E-state index contributed by atoms with van der Waals surface area (Å²) in [5.41, 5.74) is 1.62. The molecule has 21 heavy (non-hydrogen) atoms. The minimum Gasteiger partial charge on any atom is -0.618 e. The number of hydrogen-bond donors (Lipinski definition) is 0. The zero-order chi connectivity index (χ0) is 15.0. The highest BCUT2D eigenvalue weighted by atomic mass is 16.5. The largest absolute Gasteiger partial charge is 0.618 e. The highest BCUT2D eigenvalue weighted by Crippen LogP contribution is 2.43. The van der Waals surface area contributed by atoms with Crippen LogP contribution in [0.2, 0.25) is 0 Å². The standard InChI is InChI=1S/C16H15N3O2/c1-16(2)8-13(14-10-18-5-6-19(14)20)12-7-11(9-17)3-4-15(12)21-16/h3-7,10,13H,8H2,1-2H3. The molecule has 2 aromatic rings. The van der Waals surface area contributed by atoms with Gasteiger partial charge in [0.25, 0.3) is 0 Å². The number of aromatic nitrogens is 2. The maximum atomic E-state index is 12.1. The molecule has 0 aliphatic carbocycles. The molecule has 5 heteroatoms. The third kappa shape index (κ3) is 2.40. The minimum atomic E-state index is -0.380. The Morgan fingerprint density at radius 3 is 3.00 bits per heavy atom. The summed E-state index contributed by atoms with van der Waals surface area (Å²) in [5, 5.41) is 21.1. The van der Waals surface area contributed by atoms with Gasteiger partial charge in [-0.3, -0.25) is 4.98 Å². The van der Waals surface area contributed by atoms with E-state index in [9.17, 15) is 5.21 Å². The number of fused-ring (bicyclic) bond motifs is 1. The van der Waals surface area contributed by atoms with Crippen LogP contribution in [-0.2, 0) is 0 Å². The van der Waals surface area contributed by atoms with Gasteiger partial charge in [-0.15, -0.1) is 0 Å². The van der Waals surface area contributed by atoms with Crippen LogP contribution in [0.5, 0.6) is 5.75 Å². The summed E-state index contributed by atoms with van der Waals surface area (Å²) in [6.07, 6.45) is 5.10. The smallest absolute Gasteiger partial charge is 0.218 e. The van der Waals surface area contributed by atoms with Crippen LogP contribution in [0.4, 0.5) is 0 Å². The number of nitrogens with zero attached hydrogens (tertiary/aromatic N) is 3. The van der Waals surface area contributed by atoms with Crippen molar-refractivity contribution in [2.45, 2.75) is 31.8 Å². The van der Waals surface area contributed by atoms with Crippen molar-refractivity contribution in [3.63, 3.8) is 0 Å². The van der Waals surface area contributed by atoms with E-state index in [1.807, 2.05) is 13.8 Å². The van der Waals surface area contributed by atoms with Crippen molar-refractivity contribution in [2.75, 3.05) is 0 Å². The number of rotatable bonds is 1. The maximum absolute atomic E-state index is 12.1. The van der Waals surface area contributed by atoms with Gasteiger partial charge in [0.1, 0.15) is 11.4 Å². The maximum Gasteiger partial charge on any atom is 0.218 e. The van der Waals surface area contributed by atoms with Gasteiger partial charge in [-0.2, -0.15) is 9.99 Å². The van der Waals surface area contributed by atoms with Crippen LogP contribution in [0.25, 0.3) is 0 Å². The van der Waals surface area contributed by atoms with E-state index in [-0.39, 0.29) is 11.5 Å². The third-order valence-electron chi connectivity index (χ3n) is 3.70. The second kappa shape index (κ2) is 4.74. The summed E-state index contributed by atoms with van der Waals surface area (Å²) in [7, 11) is 0. The van der Waals surface area contributed by atoms with E-state index in [2.05, 4.69) is 11.1 Å². The van der Waals surface area contributed by atoms with Gasteiger partial charge in [-0.1, -0.05) is 0 Å². The third-order valence-corrected chi connectivity index (χ3v) is 3.70. The Labute approximate surface area is 123 Å². The molecule has 0 bridgehead atoms. The molecule has 0 saturated heterocycles. The average Bonchev–Trinajstić information content (AvgIpc) is 2.46. The number of hydrogen-bond acceptors (Lipinski definition) is 4. The van der Waals surface area contributed by atoms with Crippen molar-refractivity contribution in [3.05, 3.63) is 58.8 Å². The molecule has 1 atom stereocenters. The molecule has 0 N–H and O–H groups in total. The van der Waals surface area contributed by atoms with Crippen molar-refractivity contribution < 1.29 is 9.47 Å². The molecule has 0 saturated carbocycles. The van der Waals surface area contributed by atoms with Crippen LogP contribution in [0.1, 0.15) is 43.0 Å². The van der Waals surface area contributed by atoms with E-state index in [0.717, 1.165) is 16.0 Å². The fraction of sp³-hybridized carbons (Fsp3) is 0.312. The quantitative estimate of drug-likeness (QED) is 0.593. The summed E-state index contributed by atoms with van der Waals surface area (Å²) < 4.78 is 6.80. The SMILES string of the molecule is CC1(C)CC(c2cncc[n+]2[O-])c2cc(C#N)ccc2O1. The second-order valence-corrected chi connectivity index (χ2v) is 5.81. The summed E-state index contributed by atoms with van der Waals surface area (Å²) >= 11 is 0. The van der Waals surface area contributed by atoms with Gasteiger partial charge in [0.05, 0.1) is 29.9 Å². The molecule has 0 spiro atoms. The van der Waals surface area contributed by atoms with Crippen molar-refractivity contribution in [1.82, 2.24) is 4.98 Å². The summed E-state index contributed by atoms with van der Waals surface area (Å²) in [4.78, 5) is 4.06. The Kier molecular flexibility index (Phi) is 3.02. The van der Waals surface area contributed by atoms with Crippen LogP contribution in [0.3, 0.4) is 0 Å². The molecular formula is C16H15N3O2. The topological polar surface area (TPSA) is 72.8 Å². The van der Waals surface area contributed by atoms with Crippen molar-refractivity contribution in [3.8, 4) is 11.8 Å². The van der Waals surface area contributed by atoms with E-state index < -0.39 is 0 Å². The summed E-state index contributed by atoms with van der Waals surface area (Å²) in [6.45, 7) is 3.99. The number of nitriles is 1. The van der Waals surface area contributed by atoms with E-state index in [1.54, 1.807) is 24.4 Å². The molecule has 3 rings (SSSR count). The van der Waals surface area contributed by atoms with Crippen LogP contribution in [-0.4, -0.2) is 10.6 Å². The van der Waals surface area contributed by atoms with Gasteiger partial charge in [0.15, 0.2) is 6.20 Å². The lowest BCUT2D eigenvalue weighted by molar-refractivity contribution is -0.616. The first-order valence-corrected chi connectivity index (χ1v) is 6.76. The van der Waals surface area contributed by atoms with Crippen LogP contribution in [0, 0.1) is 16.5 Å². The first-order chi connectivity index (χ1) is 10.00. The zero-order valence-electron chi connectivity index (χ0n) is 11.9. The molecule has 2 heterocycles. The highest BCUT2D eigenvalue weighted by Gasteiger charge is 2.38. The van der Waals surface area contributed by atoms with E-state index in [4.69, 9.17) is 10.00 Å². The summed E-state index contributed by atoms with van der Waals surface area (Å²) in [5.74, 6) is 0.586. The Balaban J connectivity index is 2.18. The molecule has 1 aliphatic rings. The van der Waals surface area contributed by atoms with E-state index in [1.165, 1.54) is 12.4 Å². The zero-order valence-corrected chi connectivity index (χ0v) is 11.9. The van der Waals surface area contributed by atoms with Crippen LogP contribution < -0.4 is 9.47 Å². The highest BCUT2D eigenvalue weighted by molar-refractivity contribution is 5.47. The van der Waals surface area contributed by atoms with E-state index in [0.29, 0.717) is 17.7 Å². The van der Waals surface area contributed by atoms with Gasteiger partial charge in [0, 0.05) is 12.0 Å². The fourth-order valence-corrected chi connectivity index (χ4v) is 2.79. The fourth-order valence-electron chi connectivity index (χ4n) is 2.79. The van der Waals surface area contributed by atoms with Gasteiger partial charge in [-0.05, 0) is 32.0 Å². The van der Waals surface area contributed by atoms with Crippen LogP contribution >= 0.6 is 0 Å². The normalized spacial score (nSPS) is 19.2. The predicted molar refractivity (Wildman–Crippen MR) is 75.5 cm³/mol. The molecule has 0 amide bonds. The Hall–Kier alpha value is -2.61. The molecule has 5 nitrogen and oxygen atoms in total. The molecule has 1 aromatic carbocycles. The van der Waals surface area contributed by atoms with Gasteiger partial charge < -0.3 is 9.94 Å². The number of benzene rings is 1. The summed E-state index contributed by atoms with van der Waals surface area (Å²) in [6, 6.07) is 7.45. The van der Waals surface area contributed by atoms with Crippen molar-refractivity contribution in [2.24, 2.45) is 0 Å². The van der Waals surface area contributed by atoms with Gasteiger partial charge in [-0.25, -0.2) is 0 Å². The first kappa shape index (κ1) is 13.4. The lowest BCUT2D eigenvalue weighted by Crippen LogP contribution is -2.40. The lowest BCUT2D eigenvalue weighted by Gasteiger charge is -2.36. The molecule has 0 fully saturated rings. The molecule has 1 aliphatic heterocycles.